The minimum atomic E-state index is -4.67. The molecule has 0 atom stereocenters. The standard InChI is InChI=1S/C23H24F3N5O2S/c1-16-6-2-3-7-18(16)19-14-21(29-15-20(19)23(24,25)26)31(30-12-9-17(27)10-13-30)34(32,33)22-8-4-5-11-28-22/h2-8,11,14-15,17H,9-10,12-13,27H2,1H3. The molecular formula is C23H24F3N5O2S. The van der Waals surface area contributed by atoms with E-state index in [-0.39, 0.29) is 22.4 Å². The number of nitrogens with zero attached hydrogens (tertiary/aromatic N) is 4. The Kier molecular flexibility index (Phi) is 6.61. The van der Waals surface area contributed by atoms with Gasteiger partial charge in [-0.25, -0.2) is 15.0 Å². The molecular weight excluding hydrogens is 467 g/mol. The third kappa shape index (κ3) is 4.77. The van der Waals surface area contributed by atoms with Crippen LogP contribution in [0.3, 0.4) is 0 Å². The molecule has 7 nitrogen and oxygen atoms in total. The summed E-state index contributed by atoms with van der Waals surface area (Å²) in [6.07, 6.45) is -1.59. The highest BCUT2D eigenvalue weighted by molar-refractivity contribution is 7.92. The highest BCUT2D eigenvalue weighted by Crippen LogP contribution is 2.40. The lowest BCUT2D eigenvalue weighted by Crippen LogP contribution is -2.52. The van der Waals surface area contributed by atoms with Gasteiger partial charge in [-0.3, -0.25) is 0 Å². The average Bonchev–Trinajstić information content (AvgIpc) is 2.80. The van der Waals surface area contributed by atoms with Crippen LogP contribution < -0.4 is 10.1 Å². The van der Waals surface area contributed by atoms with E-state index in [0.717, 1.165) is 4.41 Å². The maximum Gasteiger partial charge on any atom is 0.418 e. The number of rotatable bonds is 5. The number of aryl methyl sites for hydroxylation is 1. The maximum absolute atomic E-state index is 13.9. The van der Waals surface area contributed by atoms with Gasteiger partial charge in [-0.1, -0.05) is 30.3 Å². The van der Waals surface area contributed by atoms with Crippen molar-refractivity contribution in [2.24, 2.45) is 5.73 Å². The molecule has 1 fully saturated rings. The van der Waals surface area contributed by atoms with Crippen molar-refractivity contribution in [3.8, 4) is 11.1 Å². The van der Waals surface area contributed by atoms with Gasteiger partial charge in [-0.15, -0.1) is 0 Å². The second-order valence-corrected chi connectivity index (χ2v) is 9.82. The van der Waals surface area contributed by atoms with Crippen LogP contribution >= 0.6 is 0 Å². The Morgan fingerprint density at radius 2 is 1.71 bits per heavy atom. The third-order valence-corrected chi connectivity index (χ3v) is 7.37. The molecule has 2 N–H and O–H groups in total. The third-order valence-electron chi connectivity index (χ3n) is 5.73. The maximum atomic E-state index is 13.9. The van der Waals surface area contributed by atoms with Gasteiger partial charge in [0, 0.05) is 31.5 Å². The van der Waals surface area contributed by atoms with Crippen molar-refractivity contribution < 1.29 is 21.6 Å². The lowest BCUT2D eigenvalue weighted by Gasteiger charge is -2.38. The molecule has 0 saturated carbocycles. The Morgan fingerprint density at radius 3 is 2.32 bits per heavy atom. The number of pyridine rings is 2. The number of piperidine rings is 1. The van der Waals surface area contributed by atoms with Crippen molar-refractivity contribution in [3.63, 3.8) is 0 Å². The van der Waals surface area contributed by atoms with Crippen molar-refractivity contribution in [2.75, 3.05) is 17.5 Å². The number of aromatic nitrogens is 2. The Hall–Kier alpha value is -3.02. The molecule has 11 heteroatoms. The molecule has 0 unspecified atom stereocenters. The first kappa shape index (κ1) is 24.1. The van der Waals surface area contributed by atoms with Crippen LogP contribution in [0.1, 0.15) is 24.0 Å². The SMILES string of the molecule is Cc1ccccc1-c1cc(N(N2CCC(N)CC2)S(=O)(=O)c2ccccn2)ncc1C(F)(F)F. The van der Waals surface area contributed by atoms with Crippen LogP contribution in [0.15, 0.2) is 66.0 Å². The normalized spacial score (nSPS) is 15.9. The largest absolute Gasteiger partial charge is 0.418 e. The Morgan fingerprint density at radius 1 is 1.03 bits per heavy atom. The Bertz CT molecular complexity index is 1260. The molecule has 0 bridgehead atoms. The molecule has 180 valence electrons. The van der Waals surface area contributed by atoms with E-state index in [1.807, 2.05) is 0 Å². The number of benzene rings is 1. The second-order valence-electron chi connectivity index (χ2n) is 8.11. The highest BCUT2D eigenvalue weighted by atomic mass is 32.2. The first-order chi connectivity index (χ1) is 16.1. The minimum absolute atomic E-state index is 0.0845. The predicted molar refractivity (Wildman–Crippen MR) is 122 cm³/mol. The van der Waals surface area contributed by atoms with Crippen LogP contribution in [-0.4, -0.2) is 42.5 Å². The van der Waals surface area contributed by atoms with E-state index in [1.165, 1.54) is 24.4 Å². The number of hydrazine groups is 1. The monoisotopic (exact) mass is 491 g/mol. The molecule has 34 heavy (non-hydrogen) atoms. The van der Waals surface area contributed by atoms with Crippen LogP contribution in [0, 0.1) is 6.92 Å². The highest BCUT2D eigenvalue weighted by Gasteiger charge is 2.38. The fourth-order valence-corrected chi connectivity index (χ4v) is 5.38. The number of sulfonamides is 1. The van der Waals surface area contributed by atoms with E-state index in [4.69, 9.17) is 5.73 Å². The van der Waals surface area contributed by atoms with Gasteiger partial charge in [0.05, 0.1) is 5.56 Å². The number of anilines is 1. The summed E-state index contributed by atoms with van der Waals surface area (Å²) in [5.41, 5.74) is 5.86. The molecule has 1 aromatic carbocycles. The molecule has 0 radical (unpaired) electrons. The lowest BCUT2D eigenvalue weighted by atomic mass is 9.97. The van der Waals surface area contributed by atoms with Gasteiger partial charge in [0.1, 0.15) is 0 Å². The average molecular weight is 492 g/mol. The van der Waals surface area contributed by atoms with Crippen LogP contribution in [0.2, 0.25) is 0 Å². The van der Waals surface area contributed by atoms with Gasteiger partial charge in [-0.2, -0.15) is 26.0 Å². The summed E-state index contributed by atoms with van der Waals surface area (Å²) in [6.45, 7) is 2.30. The molecule has 3 aromatic rings. The zero-order chi connectivity index (χ0) is 24.5. The van der Waals surface area contributed by atoms with Crippen LogP contribution in [0.25, 0.3) is 11.1 Å². The molecule has 0 amide bonds. The van der Waals surface area contributed by atoms with Crippen LogP contribution in [-0.2, 0) is 16.2 Å². The first-order valence-electron chi connectivity index (χ1n) is 10.7. The smallest absolute Gasteiger partial charge is 0.328 e. The van der Waals surface area contributed by atoms with Crippen molar-refractivity contribution >= 4 is 15.8 Å². The van der Waals surface area contributed by atoms with Crippen molar-refractivity contribution in [1.82, 2.24) is 15.0 Å². The molecule has 1 aliphatic rings. The zero-order valence-electron chi connectivity index (χ0n) is 18.4. The molecule has 1 aliphatic heterocycles. The topological polar surface area (TPSA) is 92.4 Å². The van der Waals surface area contributed by atoms with E-state index >= 15 is 0 Å². The van der Waals surface area contributed by atoms with Crippen molar-refractivity contribution in [1.29, 1.82) is 0 Å². The summed E-state index contributed by atoms with van der Waals surface area (Å²) < 4.78 is 69.9. The zero-order valence-corrected chi connectivity index (χ0v) is 19.2. The Balaban J connectivity index is 1.91. The number of alkyl halides is 3. The first-order valence-corrected chi connectivity index (χ1v) is 12.1. The summed E-state index contributed by atoms with van der Waals surface area (Å²) in [5, 5.41) is 1.31. The summed E-state index contributed by atoms with van der Waals surface area (Å²) in [6, 6.07) is 12.2. The minimum Gasteiger partial charge on any atom is -0.328 e. The number of halogens is 3. The number of hydrogen-bond acceptors (Lipinski definition) is 6. The molecule has 0 aliphatic carbocycles. The van der Waals surface area contributed by atoms with Crippen LogP contribution in [0.4, 0.5) is 19.0 Å². The lowest BCUT2D eigenvalue weighted by molar-refractivity contribution is -0.137. The molecule has 4 rings (SSSR count). The van der Waals surface area contributed by atoms with Gasteiger partial charge in [0.15, 0.2) is 10.8 Å². The van der Waals surface area contributed by atoms with Crippen molar-refractivity contribution in [3.05, 3.63) is 72.1 Å². The number of hydrogen-bond donors (Lipinski definition) is 1. The van der Waals surface area contributed by atoms with Gasteiger partial charge in [-0.05, 0) is 54.7 Å². The van der Waals surface area contributed by atoms with Gasteiger partial charge in [0.2, 0.25) is 0 Å². The van der Waals surface area contributed by atoms with E-state index < -0.39 is 21.8 Å². The van der Waals surface area contributed by atoms with E-state index in [2.05, 4.69) is 9.97 Å². The summed E-state index contributed by atoms with van der Waals surface area (Å²) in [4.78, 5) is 7.94. The molecule has 2 aromatic heterocycles. The van der Waals surface area contributed by atoms with E-state index in [1.54, 1.807) is 42.3 Å². The molecule has 1 saturated heterocycles. The quantitative estimate of drug-likeness (QED) is 0.580. The van der Waals surface area contributed by atoms with Crippen molar-refractivity contribution in [2.45, 2.75) is 37.0 Å². The van der Waals surface area contributed by atoms with E-state index in [9.17, 15) is 21.6 Å². The van der Waals surface area contributed by atoms with Crippen LogP contribution in [0.5, 0.6) is 0 Å². The van der Waals surface area contributed by atoms with Gasteiger partial charge < -0.3 is 5.73 Å². The van der Waals surface area contributed by atoms with Gasteiger partial charge >= 0.3 is 6.18 Å². The predicted octanol–water partition coefficient (Wildman–Crippen LogP) is 4.00. The fraction of sp³-hybridized carbons (Fsp3) is 0.304. The second kappa shape index (κ2) is 9.32. The molecule has 0 spiro atoms. The summed E-state index contributed by atoms with van der Waals surface area (Å²) in [7, 11) is -4.27. The van der Waals surface area contributed by atoms with Gasteiger partial charge in [0.25, 0.3) is 10.0 Å². The van der Waals surface area contributed by atoms with E-state index in [0.29, 0.717) is 43.3 Å². The number of nitrogens with two attached hydrogens (primary N) is 1. The summed E-state index contributed by atoms with van der Waals surface area (Å²) in [5.74, 6) is -0.146. The Labute approximate surface area is 196 Å². The summed E-state index contributed by atoms with van der Waals surface area (Å²) >= 11 is 0. The fourth-order valence-electron chi connectivity index (χ4n) is 3.95. The molecule has 3 heterocycles.